The minimum Gasteiger partial charge on any atom is -0.274 e. The summed E-state index contributed by atoms with van der Waals surface area (Å²) in [5.41, 5.74) is 2.50. The normalized spacial score (nSPS) is 16.2. The largest absolute Gasteiger partial charge is 0.274 e. The fourth-order valence-electron chi connectivity index (χ4n) is 1.99. The lowest BCUT2D eigenvalue weighted by Crippen LogP contribution is -2.19. The van der Waals surface area contributed by atoms with Crippen LogP contribution in [0.5, 0.6) is 0 Å². The van der Waals surface area contributed by atoms with Gasteiger partial charge in [0.1, 0.15) is 7.11 Å². The van der Waals surface area contributed by atoms with Gasteiger partial charge in [0, 0.05) is 29.7 Å². The Labute approximate surface area is 91.2 Å². The molecule has 0 atom stereocenters. The second kappa shape index (κ2) is 4.96. The number of rotatable bonds is 2. The van der Waals surface area contributed by atoms with Gasteiger partial charge in [-0.1, -0.05) is 18.2 Å². The van der Waals surface area contributed by atoms with Crippen molar-refractivity contribution in [3.8, 4) is 0 Å². The van der Waals surface area contributed by atoms with Gasteiger partial charge in [-0.25, -0.2) is 0 Å². The second-order valence-electron chi connectivity index (χ2n) is 3.74. The monoisotopic (exact) mass is 203 g/mol. The van der Waals surface area contributed by atoms with Gasteiger partial charge in [-0.15, -0.1) is 0 Å². The SMILES string of the molecule is CO[N+](=C1CC[CH]CC1)c1ccccc1. The van der Waals surface area contributed by atoms with E-state index in [9.17, 15) is 0 Å². The third kappa shape index (κ3) is 2.38. The zero-order valence-electron chi connectivity index (χ0n) is 9.15. The lowest BCUT2D eigenvalue weighted by Gasteiger charge is -2.10. The zero-order chi connectivity index (χ0) is 10.5. The van der Waals surface area contributed by atoms with Crippen molar-refractivity contribution in [2.24, 2.45) is 0 Å². The van der Waals surface area contributed by atoms with E-state index in [4.69, 9.17) is 4.84 Å². The zero-order valence-corrected chi connectivity index (χ0v) is 9.15. The molecule has 2 nitrogen and oxygen atoms in total. The second-order valence-corrected chi connectivity index (χ2v) is 3.74. The Morgan fingerprint density at radius 2 is 1.73 bits per heavy atom. The number of benzene rings is 1. The molecular formula is C13H17NO+. The van der Waals surface area contributed by atoms with Crippen LogP contribution in [0.4, 0.5) is 5.69 Å². The first kappa shape index (κ1) is 10.2. The molecule has 15 heavy (non-hydrogen) atoms. The molecule has 1 aliphatic carbocycles. The topological polar surface area (TPSA) is 12.2 Å². The molecule has 0 aliphatic heterocycles. The Bertz CT molecular complexity index is 335. The van der Waals surface area contributed by atoms with Gasteiger partial charge in [-0.05, 0) is 19.3 Å². The van der Waals surface area contributed by atoms with Gasteiger partial charge in [0.25, 0.3) is 5.69 Å². The molecule has 1 radical (unpaired) electrons. The van der Waals surface area contributed by atoms with E-state index in [2.05, 4.69) is 18.6 Å². The average Bonchev–Trinajstić information content (AvgIpc) is 2.33. The third-order valence-corrected chi connectivity index (χ3v) is 2.73. The molecule has 0 aromatic heterocycles. The lowest BCUT2D eigenvalue weighted by molar-refractivity contribution is -0.721. The van der Waals surface area contributed by atoms with Gasteiger partial charge in [0.15, 0.2) is 0 Å². The van der Waals surface area contributed by atoms with Crippen LogP contribution in [0.3, 0.4) is 0 Å². The highest BCUT2D eigenvalue weighted by molar-refractivity contribution is 5.81. The molecule has 0 spiro atoms. The van der Waals surface area contributed by atoms with Crippen LogP contribution in [0.1, 0.15) is 25.7 Å². The summed E-state index contributed by atoms with van der Waals surface area (Å²) in [7, 11) is 1.73. The van der Waals surface area contributed by atoms with Crippen molar-refractivity contribution in [3.05, 3.63) is 36.8 Å². The van der Waals surface area contributed by atoms with E-state index in [1.165, 1.54) is 18.6 Å². The Morgan fingerprint density at radius 3 is 2.33 bits per heavy atom. The Morgan fingerprint density at radius 1 is 1.07 bits per heavy atom. The molecule has 0 heterocycles. The van der Waals surface area contributed by atoms with E-state index in [0.717, 1.165) is 18.5 Å². The Hall–Kier alpha value is -1.31. The molecule has 0 unspecified atom stereocenters. The van der Waals surface area contributed by atoms with Crippen LogP contribution in [-0.4, -0.2) is 17.6 Å². The molecule has 2 heteroatoms. The van der Waals surface area contributed by atoms with E-state index in [0.29, 0.717) is 0 Å². The van der Waals surface area contributed by atoms with Crippen molar-refractivity contribution < 1.29 is 9.58 Å². The fourth-order valence-corrected chi connectivity index (χ4v) is 1.99. The average molecular weight is 203 g/mol. The predicted octanol–water partition coefficient (Wildman–Crippen LogP) is 3.11. The fraction of sp³-hybridized carbons (Fsp3) is 0.385. The maximum absolute atomic E-state index is 5.46. The summed E-state index contributed by atoms with van der Waals surface area (Å²) in [5.74, 6) is 0. The highest BCUT2D eigenvalue weighted by atomic mass is 16.7. The summed E-state index contributed by atoms with van der Waals surface area (Å²) in [6, 6.07) is 10.3. The first-order valence-corrected chi connectivity index (χ1v) is 5.47. The molecular weight excluding hydrogens is 186 g/mol. The molecule has 0 amide bonds. The number of hydrogen-bond donors (Lipinski definition) is 0. The number of nitrogens with zero attached hydrogens (tertiary/aromatic N) is 1. The quantitative estimate of drug-likeness (QED) is 0.531. The van der Waals surface area contributed by atoms with Crippen LogP contribution in [0.15, 0.2) is 30.3 Å². The Kier molecular flexibility index (Phi) is 3.38. The van der Waals surface area contributed by atoms with Crippen LogP contribution in [0, 0.1) is 6.42 Å². The van der Waals surface area contributed by atoms with Gasteiger partial charge in [0.05, 0.1) is 0 Å². The lowest BCUT2D eigenvalue weighted by atomic mass is 9.98. The van der Waals surface area contributed by atoms with Crippen molar-refractivity contribution in [2.45, 2.75) is 25.7 Å². The highest BCUT2D eigenvalue weighted by Crippen LogP contribution is 2.19. The molecule has 0 saturated heterocycles. The minimum absolute atomic E-state index is 1.11. The van der Waals surface area contributed by atoms with Gasteiger partial charge < -0.3 is 0 Å². The molecule has 1 aromatic carbocycles. The van der Waals surface area contributed by atoms with E-state index in [1.807, 2.05) is 22.9 Å². The molecule has 0 bridgehead atoms. The highest BCUT2D eigenvalue weighted by Gasteiger charge is 2.21. The standard InChI is InChI=1S/C13H17NO/c1-15-14(12-8-4-2-5-9-12)13-10-6-3-7-11-13/h2-5,8-9H,6-7,10-11H2,1H3/q+1. The van der Waals surface area contributed by atoms with Crippen LogP contribution in [0.25, 0.3) is 0 Å². The molecule has 79 valence electrons. The van der Waals surface area contributed by atoms with Crippen LogP contribution < -0.4 is 0 Å². The number of para-hydroxylation sites is 1. The molecule has 1 saturated carbocycles. The van der Waals surface area contributed by atoms with E-state index < -0.39 is 0 Å². The smallest absolute Gasteiger partial charge is 0.257 e. The third-order valence-electron chi connectivity index (χ3n) is 2.73. The van der Waals surface area contributed by atoms with Crippen molar-refractivity contribution >= 4 is 11.4 Å². The van der Waals surface area contributed by atoms with Crippen molar-refractivity contribution in [2.75, 3.05) is 7.11 Å². The first-order valence-electron chi connectivity index (χ1n) is 5.47. The maximum atomic E-state index is 5.46. The molecule has 2 rings (SSSR count). The molecule has 0 N–H and O–H groups in total. The summed E-state index contributed by atoms with van der Waals surface area (Å²) in [5, 5.41) is 0. The molecule has 1 aromatic rings. The summed E-state index contributed by atoms with van der Waals surface area (Å²) in [4.78, 5) is 5.46. The molecule has 1 aliphatic rings. The summed E-state index contributed by atoms with van der Waals surface area (Å²) < 4.78 is 1.97. The van der Waals surface area contributed by atoms with Crippen molar-refractivity contribution in [3.63, 3.8) is 0 Å². The molecule has 1 fully saturated rings. The van der Waals surface area contributed by atoms with Crippen molar-refractivity contribution in [1.82, 2.24) is 0 Å². The first-order chi connectivity index (χ1) is 7.42. The van der Waals surface area contributed by atoms with Crippen LogP contribution in [0.2, 0.25) is 0 Å². The van der Waals surface area contributed by atoms with Crippen LogP contribution >= 0.6 is 0 Å². The van der Waals surface area contributed by atoms with Gasteiger partial charge in [0.2, 0.25) is 5.71 Å². The van der Waals surface area contributed by atoms with Gasteiger partial charge in [-0.2, -0.15) is 0 Å². The van der Waals surface area contributed by atoms with Crippen molar-refractivity contribution in [1.29, 1.82) is 0 Å². The number of hydrogen-bond acceptors (Lipinski definition) is 1. The summed E-state index contributed by atoms with van der Waals surface area (Å²) in [6.45, 7) is 0. The summed E-state index contributed by atoms with van der Waals surface area (Å²) in [6.07, 6.45) is 6.91. The van der Waals surface area contributed by atoms with Gasteiger partial charge in [-0.3, -0.25) is 4.84 Å². The Balaban J connectivity index is 2.30. The van der Waals surface area contributed by atoms with E-state index >= 15 is 0 Å². The summed E-state index contributed by atoms with van der Waals surface area (Å²) >= 11 is 0. The minimum atomic E-state index is 1.11. The van der Waals surface area contributed by atoms with E-state index in [1.54, 1.807) is 7.11 Å². The van der Waals surface area contributed by atoms with Gasteiger partial charge >= 0.3 is 0 Å². The maximum Gasteiger partial charge on any atom is 0.257 e. The van der Waals surface area contributed by atoms with Crippen LogP contribution in [-0.2, 0) is 4.84 Å². The predicted molar refractivity (Wildman–Crippen MR) is 61.1 cm³/mol. The van der Waals surface area contributed by atoms with E-state index in [-0.39, 0.29) is 0 Å².